The zero-order valence-electron chi connectivity index (χ0n) is 12.0. The summed E-state index contributed by atoms with van der Waals surface area (Å²) in [5.74, 6) is 1.71. The number of fused-ring (bicyclic) bond motifs is 1. The maximum absolute atomic E-state index is 12.4. The van der Waals surface area contributed by atoms with E-state index < -0.39 is 0 Å². The van der Waals surface area contributed by atoms with Crippen molar-refractivity contribution in [2.24, 2.45) is 11.8 Å². The molecule has 0 aromatic carbocycles. The van der Waals surface area contributed by atoms with Crippen LogP contribution in [0.15, 0.2) is 0 Å². The Balaban J connectivity index is 1.53. The van der Waals surface area contributed by atoms with Gasteiger partial charge < -0.3 is 16.0 Å². The molecule has 3 N–H and O–H groups in total. The Hall–Kier alpha value is -0.610. The Bertz CT molecular complexity index is 327. The first-order chi connectivity index (χ1) is 9.24. The molecule has 4 heteroatoms. The highest BCUT2D eigenvalue weighted by atomic mass is 16.2. The van der Waals surface area contributed by atoms with E-state index in [0.29, 0.717) is 12.1 Å². The molecule has 4 nitrogen and oxygen atoms in total. The van der Waals surface area contributed by atoms with Crippen LogP contribution in [0.5, 0.6) is 0 Å². The topological polar surface area (TPSA) is 53.2 Å². The third kappa shape index (κ3) is 2.95. The van der Waals surface area contributed by atoms with E-state index in [0.717, 1.165) is 44.2 Å². The van der Waals surface area contributed by atoms with Crippen LogP contribution in [0.25, 0.3) is 0 Å². The number of amides is 1. The Kier molecular flexibility index (Phi) is 4.08. The van der Waals surface area contributed by atoms with Crippen molar-refractivity contribution in [2.75, 3.05) is 13.1 Å². The summed E-state index contributed by atoms with van der Waals surface area (Å²) < 4.78 is 0. The van der Waals surface area contributed by atoms with Crippen LogP contribution in [0.1, 0.15) is 45.4 Å². The normalized spacial score (nSPS) is 39.8. The Morgan fingerprint density at radius 1 is 1.16 bits per heavy atom. The lowest BCUT2D eigenvalue weighted by atomic mass is 9.78. The summed E-state index contributed by atoms with van der Waals surface area (Å²) in [6.45, 7) is 4.40. The molecule has 3 fully saturated rings. The summed E-state index contributed by atoms with van der Waals surface area (Å²) in [5.41, 5.74) is 0. The number of nitrogens with one attached hydrogen (secondary N) is 3. The maximum atomic E-state index is 12.4. The quantitative estimate of drug-likeness (QED) is 0.699. The molecule has 0 bridgehead atoms. The number of rotatable bonds is 2. The molecule has 0 spiro atoms. The molecule has 1 aliphatic carbocycles. The zero-order valence-corrected chi connectivity index (χ0v) is 12.0. The molecule has 4 unspecified atom stereocenters. The molecule has 4 atom stereocenters. The van der Waals surface area contributed by atoms with Crippen molar-refractivity contribution < 1.29 is 4.79 Å². The van der Waals surface area contributed by atoms with Crippen molar-refractivity contribution >= 4 is 5.91 Å². The first-order valence-electron chi connectivity index (χ1n) is 8.01. The predicted molar refractivity (Wildman–Crippen MR) is 75.9 cm³/mol. The molecule has 1 amide bonds. The lowest BCUT2D eigenvalue weighted by Gasteiger charge is -2.31. The smallest absolute Gasteiger partial charge is 0.237 e. The van der Waals surface area contributed by atoms with Crippen LogP contribution in [0.3, 0.4) is 0 Å². The molecule has 0 aromatic heterocycles. The zero-order chi connectivity index (χ0) is 13.2. The van der Waals surface area contributed by atoms with Crippen molar-refractivity contribution in [3.05, 3.63) is 0 Å². The second kappa shape index (κ2) is 5.80. The summed E-state index contributed by atoms with van der Waals surface area (Å²) in [7, 11) is 0. The summed E-state index contributed by atoms with van der Waals surface area (Å²) in [4.78, 5) is 12.4. The van der Waals surface area contributed by atoms with Crippen LogP contribution in [-0.4, -0.2) is 37.1 Å². The standard InChI is InChI=1S/C15H27N3O/c1-10-3-2-4-11-9-13(18-14(10)11)15(19)17-12-5-7-16-8-6-12/h10-14,16,18H,2-9H2,1H3,(H,17,19). The average molecular weight is 265 g/mol. The third-order valence-corrected chi connectivity index (χ3v) is 5.29. The van der Waals surface area contributed by atoms with E-state index in [-0.39, 0.29) is 11.9 Å². The van der Waals surface area contributed by atoms with Gasteiger partial charge in [0.1, 0.15) is 0 Å². The highest BCUT2D eigenvalue weighted by molar-refractivity contribution is 5.82. The molecule has 1 saturated carbocycles. The lowest BCUT2D eigenvalue weighted by Crippen LogP contribution is -2.50. The highest BCUT2D eigenvalue weighted by Gasteiger charge is 2.41. The molecule has 3 aliphatic rings. The van der Waals surface area contributed by atoms with Gasteiger partial charge in [-0.25, -0.2) is 0 Å². The fourth-order valence-corrected chi connectivity index (χ4v) is 4.14. The molecule has 19 heavy (non-hydrogen) atoms. The van der Waals surface area contributed by atoms with Crippen LogP contribution in [0.2, 0.25) is 0 Å². The molecule has 108 valence electrons. The summed E-state index contributed by atoms with van der Waals surface area (Å²) in [6.07, 6.45) is 7.15. The van der Waals surface area contributed by atoms with Crippen molar-refractivity contribution in [2.45, 2.75) is 63.6 Å². The molecule has 0 aromatic rings. The van der Waals surface area contributed by atoms with Crippen molar-refractivity contribution in [1.82, 2.24) is 16.0 Å². The first kappa shape index (κ1) is 13.4. The van der Waals surface area contributed by atoms with Gasteiger partial charge in [-0.1, -0.05) is 13.3 Å². The van der Waals surface area contributed by atoms with E-state index in [9.17, 15) is 4.79 Å². The van der Waals surface area contributed by atoms with Gasteiger partial charge in [-0.15, -0.1) is 0 Å². The molecule has 2 saturated heterocycles. The Morgan fingerprint density at radius 2 is 1.95 bits per heavy atom. The molecular formula is C15H27N3O. The van der Waals surface area contributed by atoms with Gasteiger partial charge in [-0.05, 0) is 57.0 Å². The van der Waals surface area contributed by atoms with Crippen LogP contribution in [0.4, 0.5) is 0 Å². The second-order valence-electron chi connectivity index (χ2n) is 6.68. The van der Waals surface area contributed by atoms with Crippen molar-refractivity contribution in [3.63, 3.8) is 0 Å². The van der Waals surface area contributed by atoms with Crippen LogP contribution in [0, 0.1) is 11.8 Å². The third-order valence-electron chi connectivity index (χ3n) is 5.29. The Morgan fingerprint density at radius 3 is 2.68 bits per heavy atom. The van der Waals surface area contributed by atoms with Gasteiger partial charge in [0.2, 0.25) is 5.91 Å². The van der Waals surface area contributed by atoms with E-state index in [1.807, 2.05) is 0 Å². The van der Waals surface area contributed by atoms with Gasteiger partial charge in [-0.3, -0.25) is 4.79 Å². The summed E-state index contributed by atoms with van der Waals surface area (Å²) in [5, 5.41) is 10.2. The van der Waals surface area contributed by atoms with Crippen LogP contribution >= 0.6 is 0 Å². The van der Waals surface area contributed by atoms with E-state index in [1.165, 1.54) is 19.3 Å². The van der Waals surface area contributed by atoms with Gasteiger partial charge in [0.05, 0.1) is 6.04 Å². The van der Waals surface area contributed by atoms with Gasteiger partial charge in [-0.2, -0.15) is 0 Å². The number of carbonyl (C=O) groups is 1. The van der Waals surface area contributed by atoms with E-state index in [4.69, 9.17) is 0 Å². The monoisotopic (exact) mass is 265 g/mol. The molecule has 3 rings (SSSR count). The summed E-state index contributed by atoms with van der Waals surface area (Å²) >= 11 is 0. The first-order valence-corrected chi connectivity index (χ1v) is 8.01. The average Bonchev–Trinajstić information content (AvgIpc) is 2.85. The minimum absolute atomic E-state index is 0.0606. The van der Waals surface area contributed by atoms with Gasteiger partial charge >= 0.3 is 0 Å². The van der Waals surface area contributed by atoms with Crippen molar-refractivity contribution in [1.29, 1.82) is 0 Å². The fraction of sp³-hybridized carbons (Fsp3) is 0.933. The second-order valence-corrected chi connectivity index (χ2v) is 6.68. The van der Waals surface area contributed by atoms with Gasteiger partial charge in [0.25, 0.3) is 0 Å². The number of hydrogen-bond acceptors (Lipinski definition) is 3. The van der Waals surface area contributed by atoms with Gasteiger partial charge in [0.15, 0.2) is 0 Å². The minimum Gasteiger partial charge on any atom is -0.352 e. The number of carbonyl (C=O) groups excluding carboxylic acids is 1. The molecule has 2 heterocycles. The van der Waals surface area contributed by atoms with E-state index in [2.05, 4.69) is 22.9 Å². The number of hydrogen-bond donors (Lipinski definition) is 3. The SMILES string of the molecule is CC1CCCC2CC(C(=O)NC3CCNCC3)NC12. The van der Waals surface area contributed by atoms with E-state index >= 15 is 0 Å². The largest absolute Gasteiger partial charge is 0.352 e. The molecular weight excluding hydrogens is 238 g/mol. The maximum Gasteiger partial charge on any atom is 0.237 e. The highest BCUT2D eigenvalue weighted by Crippen LogP contribution is 2.36. The lowest BCUT2D eigenvalue weighted by molar-refractivity contribution is -0.123. The number of piperidine rings is 1. The van der Waals surface area contributed by atoms with Crippen LogP contribution in [-0.2, 0) is 4.79 Å². The Labute approximate surface area is 116 Å². The summed E-state index contributed by atoms with van der Waals surface area (Å²) in [6, 6.07) is 1.03. The molecule has 2 aliphatic heterocycles. The fourth-order valence-electron chi connectivity index (χ4n) is 4.14. The van der Waals surface area contributed by atoms with Crippen molar-refractivity contribution in [3.8, 4) is 0 Å². The minimum atomic E-state index is 0.0606. The predicted octanol–water partition coefficient (Wildman–Crippen LogP) is 1.02. The van der Waals surface area contributed by atoms with Gasteiger partial charge in [0, 0.05) is 12.1 Å². The molecule has 0 radical (unpaired) electrons. The van der Waals surface area contributed by atoms with Crippen LogP contribution < -0.4 is 16.0 Å². The van der Waals surface area contributed by atoms with E-state index in [1.54, 1.807) is 0 Å².